The van der Waals surface area contributed by atoms with E-state index >= 15 is 0 Å². The van der Waals surface area contributed by atoms with Crippen molar-refractivity contribution in [2.24, 2.45) is 0 Å². The number of aliphatic hydroxyl groups is 1. The zero-order valence-electron chi connectivity index (χ0n) is 17.5. The zero-order valence-corrected chi connectivity index (χ0v) is 17.5. The molecule has 0 aliphatic carbocycles. The number of hydrogen-bond acceptors (Lipinski definition) is 4. The first-order chi connectivity index (χ1) is 15.3. The summed E-state index contributed by atoms with van der Waals surface area (Å²) in [6.45, 7) is 1.57. The Hall–Kier alpha value is -3.42. The lowest BCUT2D eigenvalue weighted by Gasteiger charge is -2.28. The molecule has 0 aromatic heterocycles. The van der Waals surface area contributed by atoms with Gasteiger partial charge in [-0.2, -0.15) is 0 Å². The van der Waals surface area contributed by atoms with Crippen molar-refractivity contribution in [2.45, 2.75) is 31.5 Å². The number of carbonyl (C=O) groups is 2. The van der Waals surface area contributed by atoms with Crippen LogP contribution in [0.15, 0.2) is 78.9 Å². The number of aliphatic hydroxyl groups excluding tert-OH is 1. The molecular formula is C25H24F2N2O3. The van der Waals surface area contributed by atoms with Crippen LogP contribution in [0.3, 0.4) is 0 Å². The lowest BCUT2D eigenvalue weighted by Crippen LogP contribution is -2.47. The molecule has 3 aromatic carbocycles. The number of nitrogens with one attached hydrogen (secondary N) is 2. The van der Waals surface area contributed by atoms with Gasteiger partial charge in [-0.25, -0.2) is 8.78 Å². The molecule has 0 aliphatic rings. The van der Waals surface area contributed by atoms with Crippen LogP contribution in [-0.4, -0.2) is 23.0 Å². The lowest BCUT2D eigenvalue weighted by atomic mass is 9.95. The molecule has 3 N–H and O–H groups in total. The van der Waals surface area contributed by atoms with Crippen LogP contribution in [0.25, 0.3) is 0 Å². The first kappa shape index (κ1) is 23.2. The van der Waals surface area contributed by atoms with E-state index in [4.69, 9.17) is 0 Å². The molecule has 0 spiro atoms. The van der Waals surface area contributed by atoms with E-state index in [1.54, 1.807) is 19.1 Å². The van der Waals surface area contributed by atoms with Crippen molar-refractivity contribution in [3.8, 4) is 0 Å². The molecule has 0 saturated carbocycles. The Morgan fingerprint density at radius 2 is 1.41 bits per heavy atom. The molecule has 3 aromatic rings. The van der Waals surface area contributed by atoms with Crippen molar-refractivity contribution in [3.05, 3.63) is 107 Å². The minimum absolute atomic E-state index is 0.120. The third kappa shape index (κ3) is 6.29. The molecule has 0 aliphatic heterocycles. The molecule has 2 amide bonds. The summed E-state index contributed by atoms with van der Waals surface area (Å²) in [4.78, 5) is 24.8. The molecule has 166 valence electrons. The van der Waals surface area contributed by atoms with Crippen LogP contribution in [0.2, 0.25) is 0 Å². The largest absolute Gasteiger partial charge is 0.386 e. The predicted molar refractivity (Wildman–Crippen MR) is 116 cm³/mol. The predicted octanol–water partition coefficient (Wildman–Crippen LogP) is 3.60. The van der Waals surface area contributed by atoms with E-state index in [0.717, 1.165) is 17.7 Å². The van der Waals surface area contributed by atoms with Gasteiger partial charge in [0, 0.05) is 6.07 Å². The number of hydrogen-bond donors (Lipinski definition) is 3. The molecular weight excluding hydrogens is 414 g/mol. The fraction of sp³-hybridized carbons (Fsp3) is 0.200. The monoisotopic (exact) mass is 438 g/mol. The van der Waals surface area contributed by atoms with Crippen LogP contribution in [0.1, 0.15) is 35.8 Å². The van der Waals surface area contributed by atoms with Gasteiger partial charge in [0.15, 0.2) is 0 Å². The van der Waals surface area contributed by atoms with E-state index in [0.29, 0.717) is 11.6 Å². The topological polar surface area (TPSA) is 78.4 Å². The van der Waals surface area contributed by atoms with Gasteiger partial charge in [0.25, 0.3) is 0 Å². The highest BCUT2D eigenvalue weighted by Gasteiger charge is 2.27. The minimum Gasteiger partial charge on any atom is -0.386 e. The van der Waals surface area contributed by atoms with Crippen molar-refractivity contribution >= 4 is 11.8 Å². The van der Waals surface area contributed by atoms with Crippen molar-refractivity contribution < 1.29 is 23.5 Å². The van der Waals surface area contributed by atoms with Crippen LogP contribution < -0.4 is 10.6 Å². The van der Waals surface area contributed by atoms with E-state index in [-0.39, 0.29) is 12.0 Å². The van der Waals surface area contributed by atoms with E-state index in [1.165, 1.54) is 0 Å². The molecule has 0 radical (unpaired) electrons. The SMILES string of the molecule is C[C@H](NC(c1ccccc1)[C@@H](O)c1ccccc1)C(=O)NC(=O)Cc1cc(F)cc(F)c1. The highest BCUT2D eigenvalue weighted by atomic mass is 19.1. The van der Waals surface area contributed by atoms with Gasteiger partial charge in [0.05, 0.1) is 24.6 Å². The smallest absolute Gasteiger partial charge is 0.243 e. The fourth-order valence-electron chi connectivity index (χ4n) is 3.41. The number of rotatable bonds is 8. The minimum atomic E-state index is -0.945. The highest BCUT2D eigenvalue weighted by molar-refractivity contribution is 5.98. The number of halogens is 2. The summed E-state index contributed by atoms with van der Waals surface area (Å²) in [5, 5.41) is 16.3. The second-order valence-corrected chi connectivity index (χ2v) is 7.50. The summed E-state index contributed by atoms with van der Waals surface area (Å²) < 4.78 is 26.6. The quantitative estimate of drug-likeness (QED) is 0.502. The second-order valence-electron chi connectivity index (χ2n) is 7.50. The third-order valence-corrected chi connectivity index (χ3v) is 4.99. The van der Waals surface area contributed by atoms with Crippen molar-refractivity contribution in [2.75, 3.05) is 0 Å². The van der Waals surface area contributed by atoms with Crippen LogP contribution in [0.5, 0.6) is 0 Å². The average molecular weight is 438 g/mol. The van der Waals surface area contributed by atoms with Crippen molar-refractivity contribution in [3.63, 3.8) is 0 Å². The maximum Gasteiger partial charge on any atom is 0.243 e. The van der Waals surface area contributed by atoms with Gasteiger partial charge in [-0.1, -0.05) is 60.7 Å². The first-order valence-corrected chi connectivity index (χ1v) is 10.2. The van der Waals surface area contributed by atoms with E-state index in [9.17, 15) is 23.5 Å². The Morgan fingerprint density at radius 3 is 1.97 bits per heavy atom. The molecule has 1 unspecified atom stereocenters. The Bertz CT molecular complexity index is 1040. The molecule has 0 heterocycles. The normalized spacial score (nSPS) is 13.8. The van der Waals surface area contributed by atoms with E-state index < -0.39 is 41.6 Å². The van der Waals surface area contributed by atoms with Crippen LogP contribution >= 0.6 is 0 Å². The zero-order chi connectivity index (χ0) is 23.1. The van der Waals surface area contributed by atoms with Gasteiger partial charge in [-0.3, -0.25) is 20.2 Å². The Morgan fingerprint density at radius 1 is 0.875 bits per heavy atom. The molecule has 0 bridgehead atoms. The number of carbonyl (C=O) groups excluding carboxylic acids is 2. The summed E-state index contributed by atoms with van der Waals surface area (Å²) in [7, 11) is 0. The van der Waals surface area contributed by atoms with Gasteiger partial charge in [0.1, 0.15) is 11.6 Å². The number of benzene rings is 3. The molecule has 0 saturated heterocycles. The molecule has 3 rings (SSSR count). The van der Waals surface area contributed by atoms with Crippen molar-refractivity contribution in [1.29, 1.82) is 0 Å². The number of imide groups is 1. The molecule has 7 heteroatoms. The van der Waals surface area contributed by atoms with E-state index in [1.807, 2.05) is 48.5 Å². The molecule has 0 fully saturated rings. The highest BCUT2D eigenvalue weighted by Crippen LogP contribution is 2.29. The van der Waals surface area contributed by atoms with E-state index in [2.05, 4.69) is 10.6 Å². The maximum absolute atomic E-state index is 13.3. The summed E-state index contributed by atoms with van der Waals surface area (Å²) in [5.41, 5.74) is 1.56. The fourth-order valence-corrected chi connectivity index (χ4v) is 3.41. The Balaban J connectivity index is 1.69. The van der Waals surface area contributed by atoms with Gasteiger partial charge >= 0.3 is 0 Å². The van der Waals surface area contributed by atoms with Gasteiger partial charge in [0.2, 0.25) is 11.8 Å². The standard InChI is InChI=1S/C25H24F2N2O3/c1-16(25(32)29-22(30)14-17-12-20(26)15-21(27)13-17)28-23(18-8-4-2-5-9-18)24(31)19-10-6-3-7-11-19/h2-13,15-16,23-24,28,31H,14H2,1H3,(H,29,30,32)/t16-,23?,24-/m0/s1. The second kappa shape index (κ2) is 10.7. The Labute approximate surface area is 185 Å². The first-order valence-electron chi connectivity index (χ1n) is 10.2. The number of amides is 2. The lowest BCUT2D eigenvalue weighted by molar-refractivity contribution is -0.131. The summed E-state index contributed by atoms with van der Waals surface area (Å²) in [6, 6.07) is 19.5. The maximum atomic E-state index is 13.3. The Kier molecular flexibility index (Phi) is 7.81. The van der Waals surface area contributed by atoms with Gasteiger partial charge in [-0.15, -0.1) is 0 Å². The average Bonchev–Trinajstić information content (AvgIpc) is 2.77. The van der Waals surface area contributed by atoms with Crippen LogP contribution in [0.4, 0.5) is 8.78 Å². The third-order valence-electron chi connectivity index (χ3n) is 4.99. The summed E-state index contributed by atoms with van der Waals surface area (Å²) in [6.07, 6.45) is -1.29. The van der Waals surface area contributed by atoms with Crippen LogP contribution in [0, 0.1) is 11.6 Å². The molecule has 5 nitrogen and oxygen atoms in total. The molecule has 32 heavy (non-hydrogen) atoms. The van der Waals surface area contributed by atoms with Crippen LogP contribution in [-0.2, 0) is 16.0 Å². The van der Waals surface area contributed by atoms with Crippen molar-refractivity contribution in [1.82, 2.24) is 10.6 Å². The van der Waals surface area contributed by atoms with Gasteiger partial charge < -0.3 is 5.11 Å². The molecule has 3 atom stereocenters. The van der Waals surface area contributed by atoms with Gasteiger partial charge in [-0.05, 0) is 35.7 Å². The summed E-state index contributed by atoms with van der Waals surface area (Å²) in [5.74, 6) is -2.90. The summed E-state index contributed by atoms with van der Waals surface area (Å²) >= 11 is 0.